The minimum Gasteiger partial charge on any atom is -0.352 e. The maximum atomic E-state index is 11.9. The second kappa shape index (κ2) is 6.59. The summed E-state index contributed by atoms with van der Waals surface area (Å²) in [6.45, 7) is 6.19. The van der Waals surface area contributed by atoms with Crippen molar-refractivity contribution in [2.45, 2.75) is 58.5 Å². The fourth-order valence-corrected chi connectivity index (χ4v) is 2.99. The first-order valence-corrected chi connectivity index (χ1v) is 8.79. The van der Waals surface area contributed by atoms with Crippen LogP contribution in [-0.4, -0.2) is 16.0 Å². The number of amides is 1. The van der Waals surface area contributed by atoms with Crippen LogP contribution in [-0.2, 0) is 16.9 Å². The van der Waals surface area contributed by atoms with Crippen molar-refractivity contribution in [3.8, 4) is 11.5 Å². The van der Waals surface area contributed by atoms with E-state index in [-0.39, 0.29) is 5.91 Å². The number of benzene rings is 1. The van der Waals surface area contributed by atoms with Crippen LogP contribution in [0.4, 0.5) is 0 Å². The lowest BCUT2D eigenvalue weighted by Crippen LogP contribution is -2.34. The van der Waals surface area contributed by atoms with Gasteiger partial charge in [-0.3, -0.25) is 4.79 Å². The summed E-state index contributed by atoms with van der Waals surface area (Å²) in [6, 6.07) is 7.76. The molecule has 0 spiro atoms. The Morgan fingerprint density at radius 3 is 2.48 bits per heavy atom. The monoisotopic (exact) mass is 342 g/mol. The van der Waals surface area contributed by atoms with Crippen LogP contribution >= 0.6 is 0 Å². The van der Waals surface area contributed by atoms with Gasteiger partial charge in [0.2, 0.25) is 5.91 Å². The Labute approximate surface area is 148 Å². The van der Waals surface area contributed by atoms with Crippen molar-refractivity contribution >= 4 is 5.91 Å². The highest BCUT2D eigenvalue weighted by Crippen LogP contribution is 2.35. The molecule has 1 amide bonds. The molecule has 1 aromatic carbocycles. The Morgan fingerprint density at radius 2 is 1.88 bits per heavy atom. The minimum atomic E-state index is -0.446. The molecule has 6 nitrogen and oxygen atoms in total. The predicted octanol–water partition coefficient (Wildman–Crippen LogP) is 3.13. The van der Waals surface area contributed by atoms with Gasteiger partial charge < -0.3 is 15.6 Å². The average Bonchev–Trinajstić information content (AvgIpc) is 3.22. The molecule has 3 rings (SSSR count). The number of nitrogens with one attached hydrogen (secondary N) is 1. The number of hydrogen-bond acceptors (Lipinski definition) is 5. The Bertz CT molecular complexity index is 738. The zero-order valence-electron chi connectivity index (χ0n) is 15.1. The lowest BCUT2D eigenvalue weighted by molar-refractivity contribution is -0.128. The van der Waals surface area contributed by atoms with E-state index in [1.807, 2.05) is 45.0 Å². The van der Waals surface area contributed by atoms with Gasteiger partial charge in [0.1, 0.15) is 0 Å². The summed E-state index contributed by atoms with van der Waals surface area (Å²) in [5.41, 5.74) is 7.41. The number of carbonyl (C=O) groups is 1. The summed E-state index contributed by atoms with van der Waals surface area (Å²) in [7, 11) is 0. The van der Waals surface area contributed by atoms with Crippen molar-refractivity contribution in [3.05, 3.63) is 35.7 Å². The van der Waals surface area contributed by atoms with E-state index in [0.29, 0.717) is 18.3 Å². The van der Waals surface area contributed by atoms with Gasteiger partial charge in [-0.1, -0.05) is 50.9 Å². The number of nitrogens with zero attached hydrogens (tertiary/aromatic N) is 2. The van der Waals surface area contributed by atoms with Crippen molar-refractivity contribution in [3.63, 3.8) is 0 Å². The van der Waals surface area contributed by atoms with E-state index in [2.05, 4.69) is 15.5 Å². The molecule has 25 heavy (non-hydrogen) atoms. The third-order valence-electron chi connectivity index (χ3n) is 4.70. The van der Waals surface area contributed by atoms with Gasteiger partial charge in [-0.05, 0) is 30.5 Å². The Kier molecular flexibility index (Phi) is 4.64. The molecule has 0 unspecified atom stereocenters. The molecule has 2 aromatic rings. The van der Waals surface area contributed by atoms with Crippen LogP contribution in [0.2, 0.25) is 0 Å². The van der Waals surface area contributed by atoms with Gasteiger partial charge in [-0.25, -0.2) is 0 Å². The first kappa shape index (κ1) is 17.6. The van der Waals surface area contributed by atoms with Gasteiger partial charge in [0, 0.05) is 17.5 Å². The summed E-state index contributed by atoms with van der Waals surface area (Å²) in [4.78, 5) is 16.4. The maximum Gasteiger partial charge on any atom is 0.257 e. The molecule has 0 radical (unpaired) electrons. The van der Waals surface area contributed by atoms with Crippen LogP contribution in [0.1, 0.15) is 57.8 Å². The van der Waals surface area contributed by atoms with Crippen LogP contribution in [0.15, 0.2) is 28.8 Å². The molecule has 3 N–H and O–H groups in total. The van der Waals surface area contributed by atoms with Crippen LogP contribution in [0.3, 0.4) is 0 Å². The molecule has 1 fully saturated rings. The first-order valence-electron chi connectivity index (χ1n) is 8.79. The van der Waals surface area contributed by atoms with Crippen LogP contribution in [0.25, 0.3) is 11.5 Å². The molecule has 1 saturated carbocycles. The highest BCUT2D eigenvalue weighted by atomic mass is 16.5. The van der Waals surface area contributed by atoms with Crippen molar-refractivity contribution in [2.75, 3.05) is 0 Å². The Morgan fingerprint density at radius 1 is 1.24 bits per heavy atom. The van der Waals surface area contributed by atoms with Crippen LogP contribution < -0.4 is 11.1 Å². The number of rotatable bonds is 4. The van der Waals surface area contributed by atoms with Crippen molar-refractivity contribution in [1.82, 2.24) is 15.5 Å². The second-order valence-electron chi connectivity index (χ2n) is 7.92. The van der Waals surface area contributed by atoms with E-state index >= 15 is 0 Å². The van der Waals surface area contributed by atoms with E-state index in [1.54, 1.807) is 0 Å². The second-order valence-corrected chi connectivity index (χ2v) is 7.92. The van der Waals surface area contributed by atoms with Crippen molar-refractivity contribution < 1.29 is 9.32 Å². The number of hydrogen-bond donors (Lipinski definition) is 2. The normalized spacial score (nSPS) is 16.8. The van der Waals surface area contributed by atoms with Gasteiger partial charge in [-0.15, -0.1) is 0 Å². The van der Waals surface area contributed by atoms with E-state index in [1.165, 1.54) is 0 Å². The highest BCUT2D eigenvalue weighted by molar-refractivity contribution is 5.81. The Hall–Kier alpha value is -2.21. The van der Waals surface area contributed by atoms with Gasteiger partial charge in [0.25, 0.3) is 5.89 Å². The molecule has 0 bridgehead atoms. The fourth-order valence-electron chi connectivity index (χ4n) is 2.99. The maximum absolute atomic E-state index is 11.9. The number of aromatic nitrogens is 2. The first-order chi connectivity index (χ1) is 11.8. The van der Waals surface area contributed by atoms with Gasteiger partial charge in [-0.2, -0.15) is 4.98 Å². The van der Waals surface area contributed by atoms with E-state index in [9.17, 15) is 4.79 Å². The lowest BCUT2D eigenvalue weighted by atomic mass is 9.95. The van der Waals surface area contributed by atoms with Crippen LogP contribution in [0.5, 0.6) is 0 Å². The molecule has 1 heterocycles. The molecule has 0 aliphatic heterocycles. The quantitative estimate of drug-likeness (QED) is 0.890. The largest absolute Gasteiger partial charge is 0.352 e. The van der Waals surface area contributed by atoms with Gasteiger partial charge >= 0.3 is 0 Å². The number of nitrogens with two attached hydrogens (primary N) is 1. The van der Waals surface area contributed by atoms with E-state index in [4.69, 9.17) is 10.3 Å². The molecule has 0 saturated heterocycles. The number of carbonyl (C=O) groups excluding carboxylic acids is 1. The van der Waals surface area contributed by atoms with Gasteiger partial charge in [0.05, 0.1) is 5.54 Å². The molecular weight excluding hydrogens is 316 g/mol. The zero-order valence-corrected chi connectivity index (χ0v) is 15.1. The average molecular weight is 342 g/mol. The fraction of sp³-hybridized carbons (Fsp3) is 0.526. The zero-order chi connectivity index (χ0) is 18.1. The highest BCUT2D eigenvalue weighted by Gasteiger charge is 2.36. The summed E-state index contributed by atoms with van der Waals surface area (Å²) < 4.78 is 5.40. The molecule has 1 aliphatic rings. The summed E-state index contributed by atoms with van der Waals surface area (Å²) in [6.07, 6.45) is 4.02. The van der Waals surface area contributed by atoms with Crippen LogP contribution in [0, 0.1) is 5.41 Å². The molecule has 1 aliphatic carbocycles. The molecule has 6 heteroatoms. The third kappa shape index (κ3) is 3.90. The Balaban J connectivity index is 1.67. The van der Waals surface area contributed by atoms with Crippen molar-refractivity contribution in [2.24, 2.45) is 11.1 Å². The summed E-state index contributed by atoms with van der Waals surface area (Å²) in [5.74, 6) is 1.11. The van der Waals surface area contributed by atoms with E-state index < -0.39 is 11.0 Å². The summed E-state index contributed by atoms with van der Waals surface area (Å²) >= 11 is 0. The third-order valence-corrected chi connectivity index (χ3v) is 4.70. The molecule has 0 atom stereocenters. The van der Waals surface area contributed by atoms with Crippen molar-refractivity contribution in [1.29, 1.82) is 0 Å². The lowest BCUT2D eigenvalue weighted by Gasteiger charge is -2.17. The molecule has 1 aromatic heterocycles. The summed E-state index contributed by atoms with van der Waals surface area (Å²) in [5, 5.41) is 7.02. The smallest absolute Gasteiger partial charge is 0.257 e. The topological polar surface area (TPSA) is 94.0 Å². The minimum absolute atomic E-state index is 0.0305. The SMILES string of the molecule is CC(C)(C)C(=O)NCc1ccc(-c2nc(C3(N)CCCC3)no2)cc1. The van der Waals surface area contributed by atoms with Gasteiger partial charge in [0.15, 0.2) is 5.82 Å². The molecular formula is C19H26N4O2. The molecule has 134 valence electrons. The standard InChI is InChI=1S/C19H26N4O2/c1-18(2,3)17(24)21-12-13-6-8-14(9-7-13)15-22-16(23-25-15)19(20)10-4-5-11-19/h6-9H,4-5,10-12,20H2,1-3H3,(H,21,24). The predicted molar refractivity (Wildman–Crippen MR) is 95.4 cm³/mol. The van der Waals surface area contributed by atoms with E-state index in [0.717, 1.165) is 36.8 Å².